The number of hydrogen-bond acceptors (Lipinski definition) is 5. The molecule has 4 nitrogen and oxygen atoms in total. The Hall–Kier alpha value is -0.490. The van der Waals surface area contributed by atoms with Crippen molar-refractivity contribution in [3.05, 3.63) is 16.1 Å². The number of methoxy groups -OCH3 is 2. The summed E-state index contributed by atoms with van der Waals surface area (Å²) in [6.07, 6.45) is 0.902. The normalized spacial score (nSPS) is 10.8. The number of nitrogens with zero attached hydrogens (tertiary/aromatic N) is 1. The van der Waals surface area contributed by atoms with Gasteiger partial charge < -0.3 is 14.8 Å². The molecule has 1 rings (SSSR count). The van der Waals surface area contributed by atoms with Gasteiger partial charge in [0.15, 0.2) is 0 Å². The van der Waals surface area contributed by atoms with Gasteiger partial charge in [-0.15, -0.1) is 11.3 Å². The van der Waals surface area contributed by atoms with E-state index in [9.17, 15) is 0 Å². The number of aromatic nitrogens is 1. The first-order valence-corrected chi connectivity index (χ1v) is 5.86. The summed E-state index contributed by atoms with van der Waals surface area (Å²) in [6, 6.07) is 0. The van der Waals surface area contributed by atoms with E-state index in [0.717, 1.165) is 43.4 Å². The molecule has 5 heteroatoms. The standard InChI is InChI=1S/C10H18N2O2S/c1-13-5-3-10-12-9(8-15-10)7-11-4-6-14-2/h8,11H,3-7H2,1-2H3. The Bertz CT molecular complexity index is 266. The molecule has 0 aliphatic rings. The van der Waals surface area contributed by atoms with Crippen LogP contribution >= 0.6 is 11.3 Å². The molecule has 0 amide bonds. The maximum absolute atomic E-state index is 5.00. The van der Waals surface area contributed by atoms with E-state index in [1.165, 1.54) is 0 Å². The van der Waals surface area contributed by atoms with Gasteiger partial charge in [0.05, 0.1) is 23.9 Å². The van der Waals surface area contributed by atoms with Gasteiger partial charge in [-0.05, 0) is 0 Å². The minimum absolute atomic E-state index is 0.737. The van der Waals surface area contributed by atoms with Crippen molar-refractivity contribution >= 4 is 11.3 Å². The zero-order valence-corrected chi connectivity index (χ0v) is 10.1. The lowest BCUT2D eigenvalue weighted by molar-refractivity contribution is 0.199. The Kier molecular flexibility index (Phi) is 6.50. The second kappa shape index (κ2) is 7.76. The molecular formula is C10H18N2O2S. The van der Waals surface area contributed by atoms with Gasteiger partial charge in [0.1, 0.15) is 0 Å². The van der Waals surface area contributed by atoms with Gasteiger partial charge in [-0.2, -0.15) is 0 Å². The van der Waals surface area contributed by atoms with Crippen LogP contribution in [0.3, 0.4) is 0 Å². The van der Waals surface area contributed by atoms with Crippen LogP contribution in [0.5, 0.6) is 0 Å². The smallest absolute Gasteiger partial charge is 0.0951 e. The van der Waals surface area contributed by atoms with Crippen molar-refractivity contribution in [3.8, 4) is 0 Å². The van der Waals surface area contributed by atoms with E-state index >= 15 is 0 Å². The summed E-state index contributed by atoms with van der Waals surface area (Å²) in [5.74, 6) is 0. The van der Waals surface area contributed by atoms with Crippen molar-refractivity contribution < 1.29 is 9.47 Å². The van der Waals surface area contributed by atoms with Crippen LogP contribution in [-0.4, -0.2) is 39.0 Å². The summed E-state index contributed by atoms with van der Waals surface area (Å²) in [7, 11) is 3.41. The van der Waals surface area contributed by atoms with Gasteiger partial charge in [-0.1, -0.05) is 0 Å². The van der Waals surface area contributed by atoms with E-state index in [0.29, 0.717) is 0 Å². The summed E-state index contributed by atoms with van der Waals surface area (Å²) < 4.78 is 9.94. The first kappa shape index (κ1) is 12.6. The fraction of sp³-hybridized carbons (Fsp3) is 0.700. The molecule has 0 spiro atoms. The molecular weight excluding hydrogens is 212 g/mol. The largest absolute Gasteiger partial charge is 0.384 e. The van der Waals surface area contributed by atoms with Crippen molar-refractivity contribution in [1.29, 1.82) is 0 Å². The van der Waals surface area contributed by atoms with Crippen LogP contribution in [0.2, 0.25) is 0 Å². The number of thiazole rings is 1. The van der Waals surface area contributed by atoms with Crippen LogP contribution < -0.4 is 5.32 Å². The number of nitrogens with one attached hydrogen (secondary N) is 1. The van der Waals surface area contributed by atoms with Gasteiger partial charge >= 0.3 is 0 Å². The Morgan fingerprint density at radius 1 is 1.33 bits per heavy atom. The van der Waals surface area contributed by atoms with E-state index in [4.69, 9.17) is 9.47 Å². The SMILES string of the molecule is COCCNCc1csc(CCOC)n1. The highest BCUT2D eigenvalue weighted by molar-refractivity contribution is 7.09. The topological polar surface area (TPSA) is 43.4 Å². The highest BCUT2D eigenvalue weighted by Gasteiger charge is 2.00. The molecule has 1 aromatic rings. The second-order valence-electron chi connectivity index (χ2n) is 3.14. The first-order chi connectivity index (χ1) is 7.36. The van der Waals surface area contributed by atoms with Crippen LogP contribution in [0.4, 0.5) is 0 Å². The number of rotatable bonds is 8. The van der Waals surface area contributed by atoms with Crippen molar-refractivity contribution in [2.45, 2.75) is 13.0 Å². The highest BCUT2D eigenvalue weighted by atomic mass is 32.1. The second-order valence-corrected chi connectivity index (χ2v) is 4.09. The van der Waals surface area contributed by atoms with Crippen LogP contribution in [0, 0.1) is 0 Å². The minimum atomic E-state index is 0.737. The van der Waals surface area contributed by atoms with Crippen molar-refractivity contribution in [3.63, 3.8) is 0 Å². The molecule has 86 valence electrons. The molecule has 0 radical (unpaired) electrons. The van der Waals surface area contributed by atoms with E-state index in [-0.39, 0.29) is 0 Å². The maximum Gasteiger partial charge on any atom is 0.0951 e. The predicted octanol–water partition coefficient (Wildman–Crippen LogP) is 1.07. The summed E-state index contributed by atoms with van der Waals surface area (Å²) >= 11 is 1.69. The Morgan fingerprint density at radius 3 is 2.87 bits per heavy atom. The highest BCUT2D eigenvalue weighted by Crippen LogP contribution is 2.10. The van der Waals surface area contributed by atoms with Crippen molar-refractivity contribution in [2.24, 2.45) is 0 Å². The quantitative estimate of drug-likeness (QED) is 0.678. The molecule has 0 bridgehead atoms. The third-order valence-corrected chi connectivity index (χ3v) is 2.87. The lowest BCUT2D eigenvalue weighted by Crippen LogP contribution is -2.18. The number of ether oxygens (including phenoxy) is 2. The molecule has 0 fully saturated rings. The molecule has 1 heterocycles. The molecule has 15 heavy (non-hydrogen) atoms. The Morgan fingerprint density at radius 2 is 2.13 bits per heavy atom. The van der Waals surface area contributed by atoms with Gasteiger partial charge in [0, 0.05) is 39.1 Å². The monoisotopic (exact) mass is 230 g/mol. The van der Waals surface area contributed by atoms with Gasteiger partial charge in [0.25, 0.3) is 0 Å². The van der Waals surface area contributed by atoms with Gasteiger partial charge in [-0.25, -0.2) is 4.98 Å². The minimum Gasteiger partial charge on any atom is -0.384 e. The summed E-state index contributed by atoms with van der Waals surface area (Å²) in [5, 5.41) is 6.49. The van der Waals surface area contributed by atoms with E-state index < -0.39 is 0 Å². The molecule has 0 saturated carbocycles. The first-order valence-electron chi connectivity index (χ1n) is 4.98. The lowest BCUT2D eigenvalue weighted by Gasteiger charge is -2.00. The average molecular weight is 230 g/mol. The molecule has 0 aromatic carbocycles. The molecule has 0 atom stereocenters. The van der Waals surface area contributed by atoms with Crippen LogP contribution in [0.1, 0.15) is 10.7 Å². The summed E-state index contributed by atoms with van der Waals surface area (Å²) in [5.41, 5.74) is 1.10. The molecule has 0 aliphatic heterocycles. The van der Waals surface area contributed by atoms with Gasteiger partial charge in [-0.3, -0.25) is 0 Å². The average Bonchev–Trinajstić information content (AvgIpc) is 2.69. The van der Waals surface area contributed by atoms with E-state index in [1.807, 2.05) is 0 Å². The molecule has 1 aromatic heterocycles. The van der Waals surface area contributed by atoms with Crippen LogP contribution in [0.25, 0.3) is 0 Å². The third kappa shape index (κ3) is 5.22. The Labute approximate surface area is 94.6 Å². The summed E-state index contributed by atoms with van der Waals surface area (Å²) in [6.45, 7) is 3.15. The maximum atomic E-state index is 5.00. The zero-order chi connectivity index (χ0) is 10.9. The number of hydrogen-bond donors (Lipinski definition) is 1. The third-order valence-electron chi connectivity index (χ3n) is 1.91. The fourth-order valence-electron chi connectivity index (χ4n) is 1.12. The Balaban J connectivity index is 2.20. The van der Waals surface area contributed by atoms with E-state index in [2.05, 4.69) is 15.7 Å². The molecule has 1 N–H and O–H groups in total. The molecule has 0 aliphatic carbocycles. The van der Waals surface area contributed by atoms with E-state index in [1.54, 1.807) is 25.6 Å². The molecule has 0 unspecified atom stereocenters. The summed E-state index contributed by atoms with van der Waals surface area (Å²) in [4.78, 5) is 4.48. The van der Waals surface area contributed by atoms with Crippen molar-refractivity contribution in [2.75, 3.05) is 34.0 Å². The lowest BCUT2D eigenvalue weighted by atomic mass is 10.4. The predicted molar refractivity (Wildman–Crippen MR) is 61.3 cm³/mol. The fourth-order valence-corrected chi connectivity index (χ4v) is 1.90. The zero-order valence-electron chi connectivity index (χ0n) is 9.28. The van der Waals surface area contributed by atoms with Gasteiger partial charge in [0.2, 0.25) is 0 Å². The van der Waals surface area contributed by atoms with Crippen LogP contribution in [0.15, 0.2) is 5.38 Å². The molecule has 0 saturated heterocycles. The van der Waals surface area contributed by atoms with Crippen LogP contribution in [-0.2, 0) is 22.4 Å². The van der Waals surface area contributed by atoms with Crippen molar-refractivity contribution in [1.82, 2.24) is 10.3 Å².